The maximum absolute atomic E-state index is 6.59. The normalized spacial score (nSPS) is 20.8. The van der Waals surface area contributed by atoms with Crippen LogP contribution in [0.25, 0.3) is 0 Å². The Morgan fingerprint density at radius 3 is 0.833 bits per heavy atom. The molecule has 4 aromatic rings. The van der Waals surface area contributed by atoms with Crippen LogP contribution in [0.1, 0.15) is 22.3 Å². The Labute approximate surface area is 247 Å². The van der Waals surface area contributed by atoms with Crippen LogP contribution in [0, 0.1) is 27.7 Å². The van der Waals surface area contributed by atoms with Crippen LogP contribution in [-0.2, 0) is 9.05 Å². The van der Waals surface area contributed by atoms with Crippen molar-refractivity contribution in [3.63, 3.8) is 0 Å². The minimum absolute atomic E-state index is 0.504. The van der Waals surface area contributed by atoms with Gasteiger partial charge in [-0.1, -0.05) is 70.8 Å². The second-order valence-corrected chi connectivity index (χ2v) is 16.3. The Bertz CT molecular complexity index is 1600. The molecule has 42 heavy (non-hydrogen) atoms. The third-order valence-electron chi connectivity index (χ3n) is 6.14. The molecule has 220 valence electrons. The van der Waals surface area contributed by atoms with Gasteiger partial charge in [0.15, 0.2) is 0 Å². The van der Waals surface area contributed by atoms with Gasteiger partial charge in [0, 0.05) is 14.2 Å². The minimum atomic E-state index is -3.68. The summed E-state index contributed by atoms with van der Waals surface area (Å²) in [4.78, 5) is 0. The smallest absolute Gasteiger partial charge is 0.422 e. The molecule has 0 aromatic heterocycles. The monoisotopic (exact) mass is 625 g/mol. The predicted octanol–water partition coefficient (Wildman–Crippen LogP) is 10.7. The Morgan fingerprint density at radius 2 is 0.571 bits per heavy atom. The van der Waals surface area contributed by atoms with Crippen molar-refractivity contribution in [2.24, 2.45) is 13.5 Å². The number of hydrogen-bond donors (Lipinski definition) is 0. The second-order valence-electron chi connectivity index (χ2n) is 9.72. The standard InChI is InChI=1S/C30H34N3O6P3/c1-23-7-15-27(16-8-23)36-40(34-5)31-41(35-6,37-28-17-9-24(2)10-18-28)33-42(32-40,38-29-19-11-25(3)12-20-29)39-30-21-13-26(4)14-22-30/h7-22H,1-6H3/t40-,41-/m0/s1. The minimum Gasteiger partial charge on any atom is -0.422 e. The van der Waals surface area contributed by atoms with Crippen molar-refractivity contribution >= 4 is 23.0 Å². The first kappa shape index (κ1) is 30.2. The van der Waals surface area contributed by atoms with E-state index in [4.69, 9.17) is 40.7 Å². The van der Waals surface area contributed by atoms with E-state index in [9.17, 15) is 0 Å². The van der Waals surface area contributed by atoms with Gasteiger partial charge in [-0.2, -0.15) is 0 Å². The van der Waals surface area contributed by atoms with Gasteiger partial charge in [0.1, 0.15) is 23.0 Å². The van der Waals surface area contributed by atoms with Gasteiger partial charge in [-0.05, 0) is 76.2 Å². The van der Waals surface area contributed by atoms with Crippen LogP contribution in [0.5, 0.6) is 23.0 Å². The summed E-state index contributed by atoms with van der Waals surface area (Å²) >= 11 is 0. The van der Waals surface area contributed by atoms with E-state index in [2.05, 4.69) is 0 Å². The summed E-state index contributed by atoms with van der Waals surface area (Å²) in [7, 11) is -7.80. The summed E-state index contributed by atoms with van der Waals surface area (Å²) in [5.41, 5.74) is 4.30. The molecule has 2 atom stereocenters. The summed E-state index contributed by atoms with van der Waals surface area (Å²) in [6.07, 6.45) is 0. The predicted molar refractivity (Wildman–Crippen MR) is 169 cm³/mol. The molecule has 0 spiro atoms. The van der Waals surface area contributed by atoms with Crippen LogP contribution >= 0.6 is 23.0 Å². The Kier molecular flexibility index (Phi) is 8.98. The first-order valence-corrected chi connectivity index (χ1v) is 17.8. The SMILES string of the molecule is CO[P@@]1(Oc2ccc(C)cc2)=NP(Oc2ccc(C)cc2)(Oc2ccc(C)cc2)=N[P@@](OC)(Oc2ccc(C)cc2)=N1. The molecule has 1 aliphatic rings. The number of hydrogen-bond acceptors (Lipinski definition) is 9. The van der Waals surface area contributed by atoms with Crippen molar-refractivity contribution in [3.8, 4) is 23.0 Å². The maximum atomic E-state index is 6.59. The van der Waals surface area contributed by atoms with Crippen molar-refractivity contribution < 1.29 is 27.1 Å². The Morgan fingerprint density at radius 1 is 0.357 bits per heavy atom. The van der Waals surface area contributed by atoms with E-state index < -0.39 is 23.0 Å². The molecule has 0 aliphatic carbocycles. The molecule has 0 amide bonds. The van der Waals surface area contributed by atoms with Gasteiger partial charge in [0.05, 0.1) is 0 Å². The molecule has 4 aromatic carbocycles. The van der Waals surface area contributed by atoms with E-state index in [0.717, 1.165) is 22.3 Å². The van der Waals surface area contributed by atoms with Gasteiger partial charge in [-0.3, -0.25) is 0 Å². The van der Waals surface area contributed by atoms with Crippen LogP contribution < -0.4 is 18.1 Å². The van der Waals surface area contributed by atoms with Crippen LogP contribution in [-0.4, -0.2) is 14.2 Å². The molecule has 0 radical (unpaired) electrons. The molecule has 0 N–H and O–H groups in total. The number of benzene rings is 4. The highest BCUT2D eigenvalue weighted by Crippen LogP contribution is 2.78. The van der Waals surface area contributed by atoms with Gasteiger partial charge in [-0.15, -0.1) is 13.5 Å². The third-order valence-corrected chi connectivity index (χ3v) is 14.3. The van der Waals surface area contributed by atoms with Gasteiger partial charge < -0.3 is 27.1 Å². The lowest BCUT2D eigenvalue weighted by atomic mass is 10.2. The second kappa shape index (κ2) is 12.5. The van der Waals surface area contributed by atoms with Gasteiger partial charge >= 0.3 is 23.0 Å². The lowest BCUT2D eigenvalue weighted by Gasteiger charge is -2.32. The van der Waals surface area contributed by atoms with Crippen molar-refractivity contribution in [2.75, 3.05) is 14.2 Å². The van der Waals surface area contributed by atoms with Gasteiger partial charge in [0.25, 0.3) is 0 Å². The van der Waals surface area contributed by atoms with Gasteiger partial charge in [0.2, 0.25) is 0 Å². The molecule has 1 aliphatic heterocycles. The Hall–Kier alpha value is -3.31. The summed E-state index contributed by atoms with van der Waals surface area (Å²) in [6, 6.07) is 30.2. The molecule has 0 bridgehead atoms. The molecule has 0 saturated carbocycles. The summed E-state index contributed by atoms with van der Waals surface area (Å²) in [6.45, 7) is 7.99. The van der Waals surface area contributed by atoms with Crippen molar-refractivity contribution in [1.82, 2.24) is 0 Å². The fourth-order valence-corrected chi connectivity index (χ4v) is 12.7. The summed E-state index contributed by atoms with van der Waals surface area (Å²) < 4.78 is 53.0. The number of aryl methyl sites for hydroxylation is 4. The van der Waals surface area contributed by atoms with Crippen molar-refractivity contribution in [2.45, 2.75) is 27.7 Å². The molecular weight excluding hydrogens is 591 g/mol. The third kappa shape index (κ3) is 7.18. The zero-order valence-electron chi connectivity index (χ0n) is 24.4. The van der Waals surface area contributed by atoms with E-state index in [1.165, 1.54) is 14.2 Å². The number of nitrogens with zero attached hydrogens (tertiary/aromatic N) is 3. The van der Waals surface area contributed by atoms with Crippen LogP contribution in [0.3, 0.4) is 0 Å². The van der Waals surface area contributed by atoms with Crippen molar-refractivity contribution in [3.05, 3.63) is 119 Å². The first-order valence-electron chi connectivity index (χ1n) is 13.2. The quantitative estimate of drug-likeness (QED) is 0.163. The van der Waals surface area contributed by atoms with Crippen LogP contribution in [0.15, 0.2) is 111 Å². The van der Waals surface area contributed by atoms with E-state index in [1.54, 1.807) is 0 Å². The largest absolute Gasteiger partial charge is 0.459 e. The molecule has 1 heterocycles. The lowest BCUT2D eigenvalue weighted by molar-refractivity contribution is 0.365. The van der Waals surface area contributed by atoms with E-state index >= 15 is 0 Å². The summed E-state index contributed by atoms with van der Waals surface area (Å²) in [5.74, 6) is 2.03. The Balaban J connectivity index is 1.76. The molecule has 9 nitrogen and oxygen atoms in total. The topological polar surface area (TPSA) is 92.5 Å². The average molecular weight is 626 g/mol. The molecule has 0 unspecified atom stereocenters. The fourth-order valence-electron chi connectivity index (χ4n) is 3.81. The maximum Gasteiger partial charge on any atom is 0.459 e. The molecular formula is C30H34N3O6P3. The summed E-state index contributed by atoms with van der Waals surface area (Å²) in [5, 5.41) is 0. The molecule has 0 saturated heterocycles. The van der Waals surface area contributed by atoms with E-state index in [-0.39, 0.29) is 0 Å². The zero-order chi connectivity index (χ0) is 29.8. The molecule has 0 fully saturated rings. The van der Waals surface area contributed by atoms with Gasteiger partial charge in [-0.25, -0.2) is 0 Å². The highest BCUT2D eigenvalue weighted by molar-refractivity contribution is 7.78. The molecule has 5 rings (SSSR count). The van der Waals surface area contributed by atoms with E-state index in [0.29, 0.717) is 23.0 Å². The highest BCUT2D eigenvalue weighted by Gasteiger charge is 2.46. The van der Waals surface area contributed by atoms with E-state index in [1.807, 2.05) is 125 Å². The van der Waals surface area contributed by atoms with Crippen LogP contribution in [0.4, 0.5) is 0 Å². The van der Waals surface area contributed by atoms with Crippen molar-refractivity contribution in [1.29, 1.82) is 0 Å². The first-order chi connectivity index (χ1) is 20.1. The lowest BCUT2D eigenvalue weighted by Crippen LogP contribution is -2.08. The highest BCUT2D eigenvalue weighted by atomic mass is 31.3. The fraction of sp³-hybridized carbons (Fsp3) is 0.200. The zero-order valence-corrected chi connectivity index (χ0v) is 27.1. The van der Waals surface area contributed by atoms with Crippen LogP contribution in [0.2, 0.25) is 0 Å². The average Bonchev–Trinajstić information content (AvgIpc) is 2.98. The molecule has 12 heteroatoms. The number of rotatable bonds is 10.